The number of benzene rings is 2. The highest BCUT2D eigenvalue weighted by atomic mass is 35.5. The maximum absolute atomic E-state index is 6.17. The molecule has 0 aliphatic rings. The first-order chi connectivity index (χ1) is 10.3. The number of hydrogen-bond donors (Lipinski definition) is 0. The van der Waals surface area contributed by atoms with Crippen LogP contribution >= 0.6 is 11.6 Å². The molecule has 0 N–H and O–H groups in total. The SMILES string of the molecule is CCC(c1ccccc1)c1nnc(-c2ccccc2Cl)o1. The van der Waals surface area contributed by atoms with E-state index in [0.29, 0.717) is 16.8 Å². The third kappa shape index (κ3) is 2.83. The van der Waals surface area contributed by atoms with Crippen molar-refractivity contribution < 1.29 is 4.42 Å². The maximum atomic E-state index is 6.17. The van der Waals surface area contributed by atoms with Gasteiger partial charge >= 0.3 is 0 Å². The highest BCUT2D eigenvalue weighted by Crippen LogP contribution is 2.31. The summed E-state index contributed by atoms with van der Waals surface area (Å²) in [6, 6.07) is 17.7. The van der Waals surface area contributed by atoms with Crippen molar-refractivity contribution in [1.29, 1.82) is 0 Å². The fourth-order valence-corrected chi connectivity index (χ4v) is 2.57. The number of hydrogen-bond acceptors (Lipinski definition) is 3. The molecule has 0 aliphatic carbocycles. The summed E-state index contributed by atoms with van der Waals surface area (Å²) in [5, 5.41) is 8.96. The van der Waals surface area contributed by atoms with Crippen LogP contribution in [0.15, 0.2) is 59.0 Å². The molecule has 4 heteroatoms. The minimum atomic E-state index is 0.106. The molecule has 0 aliphatic heterocycles. The van der Waals surface area contributed by atoms with E-state index in [1.807, 2.05) is 42.5 Å². The van der Waals surface area contributed by atoms with Gasteiger partial charge in [0.2, 0.25) is 11.8 Å². The zero-order valence-corrected chi connectivity index (χ0v) is 12.4. The van der Waals surface area contributed by atoms with Crippen molar-refractivity contribution in [3.63, 3.8) is 0 Å². The summed E-state index contributed by atoms with van der Waals surface area (Å²) >= 11 is 6.17. The smallest absolute Gasteiger partial charge is 0.249 e. The summed E-state index contributed by atoms with van der Waals surface area (Å²) in [4.78, 5) is 0. The molecule has 3 nitrogen and oxygen atoms in total. The number of halogens is 1. The summed E-state index contributed by atoms with van der Waals surface area (Å²) in [6.07, 6.45) is 0.897. The predicted molar refractivity (Wildman–Crippen MR) is 83.3 cm³/mol. The molecule has 0 spiro atoms. The van der Waals surface area contributed by atoms with Gasteiger partial charge in [0, 0.05) is 0 Å². The van der Waals surface area contributed by atoms with Crippen LogP contribution in [-0.2, 0) is 0 Å². The molecule has 0 radical (unpaired) electrons. The highest BCUT2D eigenvalue weighted by molar-refractivity contribution is 6.33. The van der Waals surface area contributed by atoms with Crippen LogP contribution in [0.5, 0.6) is 0 Å². The van der Waals surface area contributed by atoms with Crippen molar-refractivity contribution in [3.05, 3.63) is 71.1 Å². The Hall–Kier alpha value is -2.13. The fourth-order valence-electron chi connectivity index (χ4n) is 2.36. The Morgan fingerprint density at radius 2 is 1.71 bits per heavy atom. The molecule has 2 aromatic carbocycles. The lowest BCUT2D eigenvalue weighted by atomic mass is 9.97. The first-order valence-corrected chi connectivity index (χ1v) is 7.30. The van der Waals surface area contributed by atoms with Gasteiger partial charge in [0.05, 0.1) is 16.5 Å². The van der Waals surface area contributed by atoms with E-state index in [9.17, 15) is 0 Å². The molecule has 0 saturated carbocycles. The average molecular weight is 299 g/mol. The van der Waals surface area contributed by atoms with Gasteiger partial charge in [-0.3, -0.25) is 0 Å². The van der Waals surface area contributed by atoms with Crippen LogP contribution in [0.25, 0.3) is 11.5 Å². The molecule has 1 heterocycles. The van der Waals surface area contributed by atoms with Gasteiger partial charge in [-0.25, -0.2) is 0 Å². The van der Waals surface area contributed by atoms with Crippen LogP contribution in [0.2, 0.25) is 5.02 Å². The fraction of sp³-hybridized carbons (Fsp3) is 0.176. The Balaban J connectivity index is 1.96. The summed E-state index contributed by atoms with van der Waals surface area (Å²) in [6.45, 7) is 2.11. The third-order valence-corrected chi connectivity index (χ3v) is 3.78. The van der Waals surface area contributed by atoms with Crippen LogP contribution in [0.1, 0.15) is 30.7 Å². The summed E-state index contributed by atoms with van der Waals surface area (Å²) in [5.41, 5.74) is 1.94. The Labute approximate surface area is 128 Å². The van der Waals surface area contributed by atoms with Gasteiger partial charge in [-0.05, 0) is 24.1 Å². The van der Waals surface area contributed by atoms with E-state index >= 15 is 0 Å². The maximum Gasteiger partial charge on any atom is 0.249 e. The Morgan fingerprint density at radius 1 is 1.00 bits per heavy atom. The second-order valence-electron chi connectivity index (χ2n) is 4.80. The van der Waals surface area contributed by atoms with Crippen LogP contribution < -0.4 is 0 Å². The largest absolute Gasteiger partial charge is 0.420 e. The van der Waals surface area contributed by atoms with Crippen molar-refractivity contribution in [2.24, 2.45) is 0 Å². The zero-order chi connectivity index (χ0) is 14.7. The normalized spacial score (nSPS) is 12.3. The predicted octanol–water partition coefficient (Wildman–Crippen LogP) is 4.93. The molecular formula is C17H15ClN2O. The monoisotopic (exact) mass is 298 g/mol. The zero-order valence-electron chi connectivity index (χ0n) is 11.7. The minimum Gasteiger partial charge on any atom is -0.420 e. The van der Waals surface area contributed by atoms with E-state index in [1.54, 1.807) is 0 Å². The van der Waals surface area contributed by atoms with E-state index in [4.69, 9.17) is 16.0 Å². The van der Waals surface area contributed by atoms with Gasteiger partial charge in [0.15, 0.2) is 0 Å². The van der Waals surface area contributed by atoms with E-state index in [2.05, 4.69) is 29.3 Å². The summed E-state index contributed by atoms with van der Waals surface area (Å²) in [7, 11) is 0. The van der Waals surface area contributed by atoms with Crippen LogP contribution in [0, 0.1) is 0 Å². The van der Waals surface area contributed by atoms with Gasteiger partial charge in [-0.2, -0.15) is 0 Å². The quantitative estimate of drug-likeness (QED) is 0.685. The van der Waals surface area contributed by atoms with Crippen LogP contribution in [0.4, 0.5) is 0 Å². The second-order valence-corrected chi connectivity index (χ2v) is 5.20. The highest BCUT2D eigenvalue weighted by Gasteiger charge is 2.20. The molecule has 0 fully saturated rings. The van der Waals surface area contributed by atoms with E-state index in [1.165, 1.54) is 5.56 Å². The van der Waals surface area contributed by atoms with E-state index < -0.39 is 0 Å². The molecular weight excluding hydrogens is 284 g/mol. The Morgan fingerprint density at radius 3 is 2.43 bits per heavy atom. The lowest BCUT2D eigenvalue weighted by molar-refractivity contribution is 0.474. The molecule has 3 aromatic rings. The molecule has 0 bridgehead atoms. The molecule has 3 rings (SSSR count). The second kappa shape index (κ2) is 6.10. The molecule has 1 aromatic heterocycles. The van der Waals surface area contributed by atoms with Gasteiger partial charge in [0.25, 0.3) is 0 Å². The first-order valence-electron chi connectivity index (χ1n) is 6.93. The van der Waals surface area contributed by atoms with Crippen LogP contribution in [0.3, 0.4) is 0 Å². The number of nitrogens with zero attached hydrogens (tertiary/aromatic N) is 2. The van der Waals surface area contributed by atoms with E-state index in [0.717, 1.165) is 12.0 Å². The third-order valence-electron chi connectivity index (χ3n) is 3.45. The summed E-state index contributed by atoms with van der Waals surface area (Å²) < 4.78 is 5.85. The minimum absolute atomic E-state index is 0.106. The average Bonchev–Trinajstić information content (AvgIpc) is 2.99. The van der Waals surface area contributed by atoms with Crippen molar-refractivity contribution in [3.8, 4) is 11.5 Å². The number of rotatable bonds is 4. The Bertz CT molecular complexity index is 724. The Kier molecular flexibility index (Phi) is 4.02. The molecule has 1 atom stereocenters. The number of aromatic nitrogens is 2. The van der Waals surface area contributed by atoms with Crippen molar-refractivity contribution >= 4 is 11.6 Å². The van der Waals surface area contributed by atoms with Gasteiger partial charge in [0.1, 0.15) is 0 Å². The molecule has 21 heavy (non-hydrogen) atoms. The van der Waals surface area contributed by atoms with Gasteiger partial charge in [-0.15, -0.1) is 10.2 Å². The van der Waals surface area contributed by atoms with Crippen molar-refractivity contribution in [2.45, 2.75) is 19.3 Å². The van der Waals surface area contributed by atoms with Gasteiger partial charge in [-0.1, -0.05) is 61.0 Å². The molecule has 106 valence electrons. The van der Waals surface area contributed by atoms with Crippen molar-refractivity contribution in [2.75, 3.05) is 0 Å². The summed E-state index contributed by atoms with van der Waals surface area (Å²) in [5.74, 6) is 1.19. The first kappa shape index (κ1) is 13.8. The van der Waals surface area contributed by atoms with Crippen molar-refractivity contribution in [1.82, 2.24) is 10.2 Å². The lowest BCUT2D eigenvalue weighted by Gasteiger charge is -2.10. The molecule has 0 amide bonds. The van der Waals surface area contributed by atoms with E-state index in [-0.39, 0.29) is 5.92 Å². The topological polar surface area (TPSA) is 38.9 Å². The standard InChI is InChI=1S/C17H15ClN2O/c1-2-13(12-8-4-3-5-9-12)16-19-20-17(21-16)14-10-6-7-11-15(14)18/h3-11,13H,2H2,1H3. The molecule has 0 saturated heterocycles. The lowest BCUT2D eigenvalue weighted by Crippen LogP contribution is -1.99. The van der Waals surface area contributed by atoms with Gasteiger partial charge < -0.3 is 4.42 Å². The van der Waals surface area contributed by atoms with Crippen LogP contribution in [-0.4, -0.2) is 10.2 Å². The molecule has 1 unspecified atom stereocenters.